The second-order valence-electron chi connectivity index (χ2n) is 13.6. The highest BCUT2D eigenvalue weighted by Crippen LogP contribution is 2.36. The van der Waals surface area contributed by atoms with Crippen LogP contribution in [0.25, 0.3) is 16.0 Å². The summed E-state index contributed by atoms with van der Waals surface area (Å²) in [5.74, 6) is -2.03. The fraction of sp³-hybridized carbons (Fsp3) is 0.289. The van der Waals surface area contributed by atoms with Crippen molar-refractivity contribution in [3.8, 4) is 5.69 Å². The molecule has 12 nitrogen and oxygen atoms in total. The summed E-state index contributed by atoms with van der Waals surface area (Å²) in [6.45, 7) is 1.84. The maximum Gasteiger partial charge on any atom is 0.298 e. The lowest BCUT2D eigenvalue weighted by Crippen LogP contribution is -2.50. The van der Waals surface area contributed by atoms with Crippen LogP contribution >= 0.6 is 11.3 Å². The summed E-state index contributed by atoms with van der Waals surface area (Å²) in [6.07, 6.45) is 5.84. The number of aliphatic hydroxyl groups is 1. The number of likely N-dealkylation sites (tertiary alicyclic amines) is 1. The third kappa shape index (κ3) is 6.90. The number of nitrogens with one attached hydrogen (secondary N) is 1. The van der Waals surface area contributed by atoms with Crippen LogP contribution in [0.1, 0.15) is 40.1 Å². The predicted octanol–water partition coefficient (Wildman–Crippen LogP) is 4.77. The van der Waals surface area contributed by atoms with Gasteiger partial charge in [0.25, 0.3) is 11.5 Å². The number of β-amino-alcohol motifs (C(OH)–C–C–N with tert-alkyl or cyclic N) is 1. The first-order chi connectivity index (χ1) is 25.6. The summed E-state index contributed by atoms with van der Waals surface area (Å²) < 4.78 is 31.6. The first-order valence-corrected chi connectivity index (χ1v) is 18.3. The molecule has 15 heteroatoms. The van der Waals surface area contributed by atoms with E-state index in [1.807, 2.05) is 41.3 Å². The molecule has 1 atom stereocenters. The Labute approximate surface area is 307 Å². The van der Waals surface area contributed by atoms with Gasteiger partial charge < -0.3 is 21.1 Å². The van der Waals surface area contributed by atoms with Gasteiger partial charge in [0.1, 0.15) is 34.7 Å². The SMILES string of the molecule is Nc1nc2sc(C(=O)NC3CCN(C[C@@](O)(Cn4cncn4)c4ccc(F)cc4F)CC3)cc2n(-c2ccc3c(c2)N(c2ccccc2)CCC3)c1=O. The summed E-state index contributed by atoms with van der Waals surface area (Å²) in [4.78, 5) is 40.6. The van der Waals surface area contributed by atoms with E-state index >= 15 is 0 Å². The van der Waals surface area contributed by atoms with Gasteiger partial charge in [-0.3, -0.25) is 19.1 Å². The zero-order valence-electron chi connectivity index (χ0n) is 28.7. The Balaban J connectivity index is 0.993. The molecule has 0 radical (unpaired) electrons. The molecule has 272 valence electrons. The Morgan fingerprint density at radius 3 is 2.57 bits per heavy atom. The van der Waals surface area contributed by atoms with Crippen LogP contribution < -0.4 is 21.5 Å². The second-order valence-corrected chi connectivity index (χ2v) is 14.6. The zero-order valence-corrected chi connectivity index (χ0v) is 29.5. The number of aryl methyl sites for hydroxylation is 1. The minimum absolute atomic E-state index is 0.0359. The number of amides is 1. The van der Waals surface area contributed by atoms with Crippen LogP contribution in [-0.2, 0) is 18.6 Å². The third-order valence-corrected chi connectivity index (χ3v) is 11.1. The van der Waals surface area contributed by atoms with Crippen LogP contribution in [-0.4, -0.2) is 72.5 Å². The highest BCUT2D eigenvalue weighted by Gasteiger charge is 2.37. The van der Waals surface area contributed by atoms with Gasteiger partial charge in [0, 0.05) is 55.2 Å². The van der Waals surface area contributed by atoms with Crippen molar-refractivity contribution in [2.24, 2.45) is 0 Å². The topological polar surface area (TPSA) is 147 Å². The zero-order chi connectivity index (χ0) is 36.7. The molecule has 1 amide bonds. The van der Waals surface area contributed by atoms with Crippen molar-refractivity contribution in [1.82, 2.24) is 34.5 Å². The predicted molar refractivity (Wildman–Crippen MR) is 199 cm³/mol. The molecule has 0 bridgehead atoms. The number of halogens is 2. The molecule has 2 aliphatic heterocycles. The number of anilines is 3. The first-order valence-electron chi connectivity index (χ1n) is 17.5. The van der Waals surface area contributed by atoms with Crippen molar-refractivity contribution < 1.29 is 18.7 Å². The number of para-hydroxylation sites is 1. The number of rotatable bonds is 9. The number of hydrogen-bond donors (Lipinski definition) is 3. The molecule has 0 saturated carbocycles. The van der Waals surface area contributed by atoms with Crippen LogP contribution in [0, 0.1) is 11.6 Å². The number of nitrogens with zero attached hydrogens (tertiary/aromatic N) is 7. The normalized spacial score (nSPS) is 16.4. The summed E-state index contributed by atoms with van der Waals surface area (Å²) >= 11 is 1.17. The molecule has 1 fully saturated rings. The van der Waals surface area contributed by atoms with Gasteiger partial charge in [-0.1, -0.05) is 30.3 Å². The number of thiophene rings is 1. The lowest BCUT2D eigenvalue weighted by atomic mass is 9.91. The van der Waals surface area contributed by atoms with Gasteiger partial charge >= 0.3 is 0 Å². The summed E-state index contributed by atoms with van der Waals surface area (Å²) in [7, 11) is 0. The average molecular weight is 738 g/mol. The minimum atomic E-state index is -1.72. The molecule has 0 unspecified atom stereocenters. The maximum absolute atomic E-state index is 14.9. The molecular formula is C38H37F2N9O3S. The number of nitrogens with two attached hydrogens (primary N) is 1. The number of aromatic nitrogens is 5. The first kappa shape index (κ1) is 34.6. The van der Waals surface area contributed by atoms with E-state index < -0.39 is 22.8 Å². The third-order valence-electron chi connectivity index (χ3n) is 10.0. The van der Waals surface area contributed by atoms with Crippen molar-refractivity contribution >= 4 is 44.8 Å². The van der Waals surface area contributed by atoms with Gasteiger partial charge in [-0.25, -0.2) is 23.4 Å². The molecule has 4 N–H and O–H groups in total. The molecular weight excluding hydrogens is 701 g/mol. The standard InChI is InChI=1S/C38H37F2N9O3S/c39-25-9-11-29(30(40)17-25)38(52,21-47-23-42-22-43-47)20-46-15-12-26(13-16-46)44-35(50)33-19-32-36(53-33)45-34(41)37(51)49(32)28-10-8-24-5-4-14-48(31(24)18-28)27-6-2-1-3-7-27/h1-3,6-11,17-19,22-23,26,52H,4-5,12-16,20-21H2,(H2,41,45)(H,44,50)/t38-/m1/s1. The van der Waals surface area contributed by atoms with Crippen molar-refractivity contribution in [2.75, 3.05) is 36.8 Å². The Morgan fingerprint density at radius 2 is 1.81 bits per heavy atom. The monoisotopic (exact) mass is 737 g/mol. The number of hydrogen-bond acceptors (Lipinski definition) is 10. The maximum atomic E-state index is 14.9. The number of fused-ring (bicyclic) bond motifs is 2. The number of piperidine rings is 1. The van der Waals surface area contributed by atoms with Gasteiger partial charge in [-0.05, 0) is 67.6 Å². The molecule has 0 spiro atoms. The Morgan fingerprint density at radius 1 is 1.00 bits per heavy atom. The van der Waals surface area contributed by atoms with Crippen molar-refractivity contribution in [3.05, 3.63) is 123 Å². The molecule has 2 aliphatic rings. The highest BCUT2D eigenvalue weighted by atomic mass is 32.1. The Kier molecular flexibility index (Phi) is 9.22. The molecule has 6 aromatic rings. The minimum Gasteiger partial charge on any atom is -0.382 e. The molecule has 5 heterocycles. The fourth-order valence-electron chi connectivity index (χ4n) is 7.47. The highest BCUT2D eigenvalue weighted by molar-refractivity contribution is 7.20. The average Bonchev–Trinajstić information content (AvgIpc) is 3.83. The molecule has 1 saturated heterocycles. The molecule has 8 rings (SSSR count). The largest absolute Gasteiger partial charge is 0.382 e. The van der Waals surface area contributed by atoms with E-state index in [4.69, 9.17) is 5.73 Å². The van der Waals surface area contributed by atoms with E-state index in [0.717, 1.165) is 42.9 Å². The van der Waals surface area contributed by atoms with Crippen molar-refractivity contribution in [2.45, 2.75) is 43.9 Å². The van der Waals surface area contributed by atoms with Gasteiger partial charge in [0.2, 0.25) is 0 Å². The number of nitrogen functional groups attached to an aromatic ring is 1. The van der Waals surface area contributed by atoms with Gasteiger partial charge in [0.15, 0.2) is 5.82 Å². The summed E-state index contributed by atoms with van der Waals surface area (Å²) in [5.41, 5.74) is 8.35. The van der Waals surface area contributed by atoms with Crippen molar-refractivity contribution in [3.63, 3.8) is 0 Å². The van der Waals surface area contributed by atoms with Crippen LogP contribution in [0.4, 0.5) is 26.0 Å². The Hall–Kier alpha value is -5.51. The van der Waals surface area contributed by atoms with Crippen LogP contribution in [0.15, 0.2) is 90.2 Å². The second kappa shape index (κ2) is 14.1. The van der Waals surface area contributed by atoms with E-state index in [-0.39, 0.29) is 36.4 Å². The lowest BCUT2D eigenvalue weighted by Gasteiger charge is -2.38. The van der Waals surface area contributed by atoms with E-state index in [1.54, 1.807) is 6.07 Å². The molecule has 53 heavy (non-hydrogen) atoms. The Bertz CT molecular complexity index is 2340. The lowest BCUT2D eigenvalue weighted by molar-refractivity contribution is -0.0271. The van der Waals surface area contributed by atoms with E-state index in [0.29, 0.717) is 46.8 Å². The van der Waals surface area contributed by atoms with Crippen molar-refractivity contribution in [1.29, 1.82) is 0 Å². The number of carbonyl (C=O) groups is 1. The number of carbonyl (C=O) groups excluding carboxylic acids is 1. The molecule has 3 aromatic carbocycles. The smallest absolute Gasteiger partial charge is 0.298 e. The van der Waals surface area contributed by atoms with Crippen LogP contribution in [0.5, 0.6) is 0 Å². The number of benzene rings is 3. The molecule has 3 aromatic heterocycles. The van der Waals surface area contributed by atoms with Gasteiger partial charge in [-0.2, -0.15) is 5.10 Å². The van der Waals surface area contributed by atoms with Crippen LogP contribution in [0.3, 0.4) is 0 Å². The van der Waals surface area contributed by atoms with Gasteiger partial charge in [-0.15, -0.1) is 11.3 Å². The summed E-state index contributed by atoms with van der Waals surface area (Å²) in [5, 5.41) is 19.0. The van der Waals surface area contributed by atoms with Crippen LogP contribution in [0.2, 0.25) is 0 Å². The van der Waals surface area contributed by atoms with Gasteiger partial charge in [0.05, 0.1) is 22.6 Å². The van der Waals surface area contributed by atoms with E-state index in [2.05, 4.69) is 37.4 Å². The summed E-state index contributed by atoms with van der Waals surface area (Å²) in [6, 6.07) is 20.8. The quantitative estimate of drug-likeness (QED) is 0.191. The van der Waals surface area contributed by atoms with E-state index in [1.165, 1.54) is 44.9 Å². The fourth-order valence-corrected chi connectivity index (χ4v) is 8.40. The van der Waals surface area contributed by atoms with E-state index in [9.17, 15) is 23.5 Å². The molecule has 0 aliphatic carbocycles.